The Hall–Kier alpha value is -4.05. The highest BCUT2D eigenvalue weighted by molar-refractivity contribution is 7.94. The summed E-state index contributed by atoms with van der Waals surface area (Å²) >= 11 is 6.32. The summed E-state index contributed by atoms with van der Waals surface area (Å²) in [5.74, 6) is 0.101. The second kappa shape index (κ2) is 12.1. The molecule has 16 nitrogen and oxygen atoms in total. The van der Waals surface area contributed by atoms with Crippen molar-refractivity contribution in [2.45, 2.75) is 21.6 Å². The van der Waals surface area contributed by atoms with Gasteiger partial charge in [0.1, 0.15) is 27.0 Å². The van der Waals surface area contributed by atoms with E-state index in [-0.39, 0.29) is 38.0 Å². The van der Waals surface area contributed by atoms with Crippen LogP contribution in [0.15, 0.2) is 79.5 Å². The van der Waals surface area contributed by atoms with Gasteiger partial charge >= 0.3 is 0 Å². The average Bonchev–Trinajstić information content (AvgIpc) is 2.93. The van der Waals surface area contributed by atoms with Crippen LogP contribution in [0, 0.1) is 6.92 Å². The summed E-state index contributed by atoms with van der Waals surface area (Å²) in [6.45, 7) is 1.63. The quantitative estimate of drug-likeness (QED) is 0.0398. The average molecular weight is 681 g/mol. The second-order valence-corrected chi connectivity index (χ2v) is 12.6. The highest BCUT2D eigenvalue weighted by Crippen LogP contribution is 2.45. The van der Waals surface area contributed by atoms with E-state index in [1.54, 1.807) is 19.1 Å². The van der Waals surface area contributed by atoms with Crippen molar-refractivity contribution in [1.29, 1.82) is 0 Å². The molecule has 1 heterocycles. The van der Waals surface area contributed by atoms with Crippen LogP contribution in [-0.4, -0.2) is 51.3 Å². The van der Waals surface area contributed by atoms with Crippen molar-refractivity contribution in [3.63, 3.8) is 0 Å². The fourth-order valence-corrected chi connectivity index (χ4v) is 6.48. The van der Waals surface area contributed by atoms with E-state index in [9.17, 15) is 31.0 Å². The minimum Gasteiger partial charge on any atom is -0.505 e. The normalized spacial score (nSPS) is 12.4. The van der Waals surface area contributed by atoms with E-state index in [4.69, 9.17) is 16.9 Å². The van der Waals surface area contributed by atoms with Crippen molar-refractivity contribution in [3.8, 4) is 5.75 Å². The van der Waals surface area contributed by atoms with E-state index in [0.29, 0.717) is 28.9 Å². The first-order valence-electron chi connectivity index (χ1n) is 11.8. The van der Waals surface area contributed by atoms with Crippen LogP contribution in [0.3, 0.4) is 0 Å². The smallest absolute Gasteiger partial charge is 0.297 e. The molecule has 0 unspecified atom stereocenters. The van der Waals surface area contributed by atoms with E-state index in [1.807, 2.05) is 0 Å². The fraction of sp³-hybridized carbons (Fsp3) is 0.0417. The predicted molar refractivity (Wildman–Crippen MR) is 157 cm³/mol. The molecule has 0 saturated heterocycles. The number of aromatic hydroxyl groups is 1. The van der Waals surface area contributed by atoms with Gasteiger partial charge in [0.05, 0.1) is 16.9 Å². The van der Waals surface area contributed by atoms with Crippen molar-refractivity contribution in [3.05, 3.63) is 65.7 Å². The van der Waals surface area contributed by atoms with Crippen LogP contribution in [-0.2, 0) is 29.6 Å². The molecule has 0 fully saturated rings. The number of nitrogens with one attached hydrogen (secondary N) is 1. The Kier molecular flexibility index (Phi) is 8.66. The summed E-state index contributed by atoms with van der Waals surface area (Å²) in [6, 6.07) is 11.8. The maximum Gasteiger partial charge on any atom is 0.297 e. The minimum absolute atomic E-state index is 0.0179. The number of fused-ring (bicyclic) bond motifs is 2. The zero-order chi connectivity index (χ0) is 31.8. The fourth-order valence-electron chi connectivity index (χ4n) is 4.24. The lowest BCUT2D eigenvalue weighted by Crippen LogP contribution is -2.03. The third-order valence-electron chi connectivity index (χ3n) is 5.93. The van der Waals surface area contributed by atoms with E-state index in [1.165, 1.54) is 18.2 Å². The van der Waals surface area contributed by atoms with Crippen molar-refractivity contribution < 1.29 is 45.7 Å². The van der Waals surface area contributed by atoms with E-state index in [0.717, 1.165) is 24.3 Å². The number of hydrogen-bond acceptors (Lipinski definition) is 15. The first kappa shape index (κ1) is 31.4. The molecular formula is C24H17ClN6O10S3. The van der Waals surface area contributed by atoms with Gasteiger partial charge in [0, 0.05) is 21.8 Å². The molecule has 0 spiro atoms. The predicted octanol–water partition coefficient (Wildman–Crippen LogP) is 5.93. The van der Waals surface area contributed by atoms with Crippen LogP contribution < -0.4 is 5.32 Å². The molecule has 0 saturated carbocycles. The summed E-state index contributed by atoms with van der Waals surface area (Å²) in [4.78, 5) is 10.7. The maximum absolute atomic E-state index is 12.4. The molecular weight excluding hydrogens is 664 g/mol. The van der Waals surface area contributed by atoms with Gasteiger partial charge in [-0.1, -0.05) is 23.2 Å². The number of benzene rings is 4. The first-order valence-corrected chi connectivity index (χ1v) is 15.8. The number of phenols is 1. The topological polar surface area (TPSA) is 243 Å². The molecule has 0 aliphatic carbocycles. The van der Waals surface area contributed by atoms with Crippen molar-refractivity contribution in [2.75, 3.05) is 5.32 Å². The van der Waals surface area contributed by atoms with Crippen LogP contribution in [0.2, 0.25) is 5.28 Å². The lowest BCUT2D eigenvalue weighted by atomic mass is 10.1. The highest BCUT2D eigenvalue weighted by atomic mass is 35.5. The molecule has 44 heavy (non-hydrogen) atoms. The summed E-state index contributed by atoms with van der Waals surface area (Å²) in [5.41, 5.74) is -0.206. The SMILES string of the molecule is Cc1nc(Cl)nc(Nc2ccc3c(O)c(N=Nc4ccc5c(S(=O)(=O)O)cccc5c4S(=O)(=O)O)c(SOOO)cc3c2)n1. The lowest BCUT2D eigenvalue weighted by Gasteiger charge is -2.12. The molecule has 228 valence electrons. The lowest BCUT2D eigenvalue weighted by molar-refractivity contribution is -0.432. The zero-order valence-electron chi connectivity index (χ0n) is 21.8. The first-order chi connectivity index (χ1) is 20.8. The van der Waals surface area contributed by atoms with Gasteiger partial charge in [0.25, 0.3) is 20.2 Å². The van der Waals surface area contributed by atoms with Crippen LogP contribution in [0.5, 0.6) is 5.75 Å². The van der Waals surface area contributed by atoms with E-state index < -0.39 is 41.5 Å². The number of hydrogen-bond donors (Lipinski definition) is 5. The molecule has 4 aromatic carbocycles. The molecule has 0 atom stereocenters. The molecule has 5 N–H and O–H groups in total. The van der Waals surface area contributed by atoms with Gasteiger partial charge in [-0.2, -0.15) is 26.8 Å². The molecule has 0 aliphatic rings. The number of halogens is 1. The number of rotatable bonds is 9. The molecule has 20 heteroatoms. The van der Waals surface area contributed by atoms with Crippen LogP contribution in [0.25, 0.3) is 21.5 Å². The van der Waals surface area contributed by atoms with Gasteiger partial charge in [-0.3, -0.25) is 9.11 Å². The third kappa shape index (κ3) is 6.55. The number of aromatic nitrogens is 3. The van der Waals surface area contributed by atoms with Gasteiger partial charge in [-0.05, 0) is 60.3 Å². The molecule has 5 aromatic rings. The molecule has 0 radical (unpaired) electrons. The van der Waals surface area contributed by atoms with Crippen LogP contribution in [0.1, 0.15) is 5.82 Å². The summed E-state index contributed by atoms with van der Waals surface area (Å²) in [5, 5.41) is 34.5. The Bertz CT molecular complexity index is 2180. The third-order valence-corrected chi connectivity index (χ3v) is 8.57. The van der Waals surface area contributed by atoms with Crippen molar-refractivity contribution in [2.24, 2.45) is 10.2 Å². The largest absolute Gasteiger partial charge is 0.505 e. The van der Waals surface area contributed by atoms with Gasteiger partial charge in [0.2, 0.25) is 11.2 Å². The maximum atomic E-state index is 12.4. The molecule has 0 aliphatic heterocycles. The Morgan fingerprint density at radius 2 is 1.66 bits per heavy atom. The molecule has 5 rings (SSSR count). The zero-order valence-corrected chi connectivity index (χ0v) is 25.0. The van der Waals surface area contributed by atoms with Gasteiger partial charge in [-0.25, -0.2) is 10.2 Å². The second-order valence-electron chi connectivity index (χ2n) is 8.75. The van der Waals surface area contributed by atoms with E-state index in [2.05, 4.69) is 39.9 Å². The Labute approximate surface area is 256 Å². The Morgan fingerprint density at radius 1 is 0.909 bits per heavy atom. The van der Waals surface area contributed by atoms with Crippen LogP contribution in [0.4, 0.5) is 23.0 Å². The standard InChI is InChI=1S/C24H17ClN6O10S3/c1-11-26-23(25)29-24(27-11)28-13-5-6-14-12(9-13)10-18(42-41-40-33)20(21(14)32)31-30-17-8-7-15-16(22(17)44(37,38)39)3-2-4-19(15)43(34,35)36/h2-10,32-33H,1H3,(H,34,35,36)(H,37,38,39)(H,26,27,28,29). The molecule has 1 aromatic heterocycles. The highest BCUT2D eigenvalue weighted by Gasteiger charge is 2.24. The van der Waals surface area contributed by atoms with E-state index >= 15 is 0 Å². The Balaban J connectivity index is 1.63. The van der Waals surface area contributed by atoms with Crippen molar-refractivity contribution >= 4 is 88.4 Å². The number of aryl methyl sites for hydroxylation is 1. The summed E-state index contributed by atoms with van der Waals surface area (Å²) in [6.07, 6.45) is 0. The Morgan fingerprint density at radius 3 is 2.34 bits per heavy atom. The molecule has 0 bridgehead atoms. The van der Waals surface area contributed by atoms with Crippen molar-refractivity contribution in [1.82, 2.24) is 15.0 Å². The number of nitrogens with zero attached hydrogens (tertiary/aromatic N) is 5. The summed E-state index contributed by atoms with van der Waals surface area (Å²) < 4.78 is 72.5. The molecule has 0 amide bonds. The summed E-state index contributed by atoms with van der Waals surface area (Å²) in [7, 11) is -9.80. The number of phenolic OH excluding ortho intramolecular Hbond substituents is 1. The van der Waals surface area contributed by atoms with Crippen LogP contribution >= 0.6 is 23.6 Å². The van der Waals surface area contributed by atoms with Gasteiger partial charge in [-0.15, -0.1) is 14.6 Å². The van der Waals surface area contributed by atoms with Gasteiger partial charge in [0.15, 0.2) is 5.75 Å². The van der Waals surface area contributed by atoms with Gasteiger partial charge < -0.3 is 10.4 Å². The number of anilines is 2. The number of azo groups is 1. The monoisotopic (exact) mass is 680 g/mol. The minimum atomic E-state index is -5.04.